The third-order valence-corrected chi connectivity index (χ3v) is 4.63. The van der Waals surface area contributed by atoms with E-state index in [4.69, 9.17) is 28.9 Å². The molecule has 136 valence electrons. The van der Waals surface area contributed by atoms with Crippen molar-refractivity contribution in [1.29, 1.82) is 0 Å². The van der Waals surface area contributed by atoms with Gasteiger partial charge < -0.3 is 23.4 Å². The molecule has 2 aliphatic rings. The Hall–Kier alpha value is -1.16. The summed E-state index contributed by atoms with van der Waals surface area (Å²) in [6.07, 6.45) is -2.67. The first-order valence-electron chi connectivity index (χ1n) is 7.89. The van der Waals surface area contributed by atoms with Gasteiger partial charge in [-0.15, -0.1) is 0 Å². The number of nitrogens with zero attached hydrogens (tertiary/aromatic N) is 3. The van der Waals surface area contributed by atoms with Crippen molar-refractivity contribution in [3.05, 3.63) is 10.4 Å². The lowest BCUT2D eigenvalue weighted by Crippen LogP contribution is -2.45. The summed E-state index contributed by atoms with van der Waals surface area (Å²) in [5, 5.41) is 3.78. The predicted octanol–water partition coefficient (Wildman–Crippen LogP) is 2.32. The van der Waals surface area contributed by atoms with Gasteiger partial charge in [-0.2, -0.15) is 0 Å². The Morgan fingerprint density at radius 2 is 2.04 bits per heavy atom. The van der Waals surface area contributed by atoms with Crippen LogP contribution in [0.5, 0.6) is 0 Å². The lowest BCUT2D eigenvalue weighted by atomic mass is 10.0. The summed E-state index contributed by atoms with van der Waals surface area (Å²) < 4.78 is 28.6. The highest BCUT2D eigenvalue weighted by Gasteiger charge is 2.58. The van der Waals surface area contributed by atoms with Crippen molar-refractivity contribution in [3.63, 3.8) is 0 Å². The molecular formula is C14H25N3O6Si. The molecule has 2 fully saturated rings. The minimum Gasteiger partial charge on any atom is -0.457 e. The van der Waals surface area contributed by atoms with Crippen molar-refractivity contribution in [2.75, 3.05) is 6.61 Å². The zero-order valence-electron chi connectivity index (χ0n) is 14.9. The fourth-order valence-electron chi connectivity index (χ4n) is 2.74. The third-order valence-electron chi connectivity index (χ3n) is 3.60. The average Bonchev–Trinajstić information content (AvgIpc) is 2.87. The average molecular weight is 359 g/mol. The molecule has 24 heavy (non-hydrogen) atoms. The topological polar surface area (TPSA) is 112 Å². The first-order valence-corrected chi connectivity index (χ1v) is 11.3. The molecular weight excluding hydrogens is 334 g/mol. The van der Waals surface area contributed by atoms with Crippen LogP contribution in [-0.2, 0) is 28.2 Å². The van der Waals surface area contributed by atoms with E-state index in [0.29, 0.717) is 0 Å². The van der Waals surface area contributed by atoms with Crippen LogP contribution in [0.15, 0.2) is 5.11 Å². The normalized spacial score (nSPS) is 32.8. The Labute approximate surface area is 142 Å². The standard InChI is InChI=1S/C14H25N3O6Si/c1-8(18)20-11-10(9(16-17-15)7-19-24(4,5)6)21-13-12(11)22-14(2,3)23-13/h9-13H,7H2,1-6H3/t9-,10-,11+,12-,13-/m1/s1. The Morgan fingerprint density at radius 1 is 1.38 bits per heavy atom. The second kappa shape index (κ2) is 6.99. The minimum absolute atomic E-state index is 0.186. The van der Waals surface area contributed by atoms with E-state index in [1.54, 1.807) is 13.8 Å². The van der Waals surface area contributed by atoms with Gasteiger partial charge in [0.05, 0.1) is 6.04 Å². The van der Waals surface area contributed by atoms with Crippen LogP contribution < -0.4 is 0 Å². The smallest absolute Gasteiger partial charge is 0.303 e. The lowest BCUT2D eigenvalue weighted by Gasteiger charge is -2.29. The SMILES string of the molecule is CC(=O)O[C@@H]1[C@H]2OC(C)(C)O[C@H]2O[C@@H]1[C@@H](CO[Si](C)(C)C)N=[N+]=[N-]. The highest BCUT2D eigenvalue weighted by atomic mass is 28.4. The Kier molecular flexibility index (Phi) is 5.58. The summed E-state index contributed by atoms with van der Waals surface area (Å²) in [5.41, 5.74) is 8.87. The van der Waals surface area contributed by atoms with Crippen LogP contribution in [0.3, 0.4) is 0 Å². The van der Waals surface area contributed by atoms with Gasteiger partial charge in [0.15, 0.2) is 32.6 Å². The number of fused-ring (bicyclic) bond motifs is 1. The molecule has 0 radical (unpaired) electrons. The van der Waals surface area contributed by atoms with Crippen LogP contribution in [0.2, 0.25) is 19.6 Å². The number of azide groups is 1. The minimum atomic E-state index is -1.81. The molecule has 2 saturated heterocycles. The van der Waals surface area contributed by atoms with Crippen LogP contribution in [0.25, 0.3) is 10.4 Å². The maximum Gasteiger partial charge on any atom is 0.303 e. The predicted molar refractivity (Wildman–Crippen MR) is 86.5 cm³/mol. The van der Waals surface area contributed by atoms with Crippen molar-refractivity contribution in [2.45, 2.75) is 76.8 Å². The number of hydrogen-bond acceptors (Lipinski definition) is 7. The monoisotopic (exact) mass is 359 g/mol. The van der Waals surface area contributed by atoms with Crippen LogP contribution in [0.4, 0.5) is 0 Å². The Balaban J connectivity index is 2.19. The van der Waals surface area contributed by atoms with Crippen molar-refractivity contribution in [3.8, 4) is 0 Å². The zero-order valence-corrected chi connectivity index (χ0v) is 15.9. The van der Waals surface area contributed by atoms with Crippen LogP contribution in [0.1, 0.15) is 20.8 Å². The molecule has 2 heterocycles. The molecule has 0 spiro atoms. The molecule has 0 aliphatic carbocycles. The Bertz CT molecular complexity index is 531. The van der Waals surface area contributed by atoms with Gasteiger partial charge in [0.25, 0.3) is 0 Å². The summed E-state index contributed by atoms with van der Waals surface area (Å²) >= 11 is 0. The molecule has 10 heteroatoms. The van der Waals surface area contributed by atoms with Gasteiger partial charge in [0.1, 0.15) is 6.10 Å². The number of hydrogen-bond donors (Lipinski definition) is 0. The highest BCUT2D eigenvalue weighted by molar-refractivity contribution is 6.69. The Morgan fingerprint density at radius 3 is 2.58 bits per heavy atom. The maximum absolute atomic E-state index is 11.5. The number of carbonyl (C=O) groups is 1. The van der Waals surface area contributed by atoms with E-state index < -0.39 is 50.7 Å². The van der Waals surface area contributed by atoms with E-state index in [1.807, 2.05) is 19.6 Å². The summed E-state index contributed by atoms with van der Waals surface area (Å²) in [7, 11) is -1.81. The molecule has 0 aromatic rings. The first kappa shape index (κ1) is 19.2. The number of carbonyl (C=O) groups excluding carboxylic acids is 1. The van der Waals surface area contributed by atoms with Crippen molar-refractivity contribution in [1.82, 2.24) is 0 Å². The molecule has 9 nitrogen and oxygen atoms in total. The highest BCUT2D eigenvalue weighted by Crippen LogP contribution is 2.40. The quantitative estimate of drug-likeness (QED) is 0.236. The van der Waals surface area contributed by atoms with Gasteiger partial charge in [-0.05, 0) is 39.0 Å². The fraction of sp³-hybridized carbons (Fsp3) is 0.929. The van der Waals surface area contributed by atoms with E-state index in [-0.39, 0.29) is 6.61 Å². The van der Waals surface area contributed by atoms with E-state index in [9.17, 15) is 4.79 Å². The number of rotatable bonds is 6. The van der Waals surface area contributed by atoms with Crippen LogP contribution in [0, 0.1) is 0 Å². The number of esters is 1. The van der Waals surface area contributed by atoms with Gasteiger partial charge >= 0.3 is 5.97 Å². The van der Waals surface area contributed by atoms with Crippen LogP contribution >= 0.6 is 0 Å². The second-order valence-corrected chi connectivity index (χ2v) is 11.9. The lowest BCUT2D eigenvalue weighted by molar-refractivity contribution is -0.221. The van der Waals surface area contributed by atoms with Gasteiger partial charge in [0.2, 0.25) is 0 Å². The summed E-state index contributed by atoms with van der Waals surface area (Å²) in [6.45, 7) is 11.1. The van der Waals surface area contributed by atoms with E-state index in [1.165, 1.54) is 6.92 Å². The van der Waals surface area contributed by atoms with Gasteiger partial charge in [-0.3, -0.25) is 4.79 Å². The van der Waals surface area contributed by atoms with E-state index in [0.717, 1.165) is 0 Å². The van der Waals surface area contributed by atoms with Crippen molar-refractivity contribution < 1.29 is 28.2 Å². The molecule has 0 amide bonds. The molecule has 0 aromatic carbocycles. The maximum atomic E-state index is 11.5. The number of ether oxygens (including phenoxy) is 4. The molecule has 0 unspecified atom stereocenters. The molecule has 2 rings (SSSR count). The van der Waals surface area contributed by atoms with Crippen molar-refractivity contribution in [2.24, 2.45) is 5.11 Å². The first-order chi connectivity index (χ1) is 11.0. The van der Waals surface area contributed by atoms with Gasteiger partial charge in [-0.1, -0.05) is 5.11 Å². The summed E-state index contributed by atoms with van der Waals surface area (Å²) in [5.74, 6) is -1.30. The largest absolute Gasteiger partial charge is 0.457 e. The van der Waals surface area contributed by atoms with E-state index in [2.05, 4.69) is 10.0 Å². The fourth-order valence-corrected chi connectivity index (χ4v) is 3.41. The molecule has 0 aromatic heterocycles. The summed E-state index contributed by atoms with van der Waals surface area (Å²) in [4.78, 5) is 14.4. The van der Waals surface area contributed by atoms with Crippen molar-refractivity contribution >= 4 is 14.3 Å². The zero-order chi connectivity index (χ0) is 18.1. The van der Waals surface area contributed by atoms with Gasteiger partial charge in [0, 0.05) is 18.4 Å². The third kappa shape index (κ3) is 4.68. The molecule has 0 bridgehead atoms. The molecule has 2 aliphatic heterocycles. The summed E-state index contributed by atoms with van der Waals surface area (Å²) in [6, 6.07) is -0.646. The van der Waals surface area contributed by atoms with Gasteiger partial charge in [-0.25, -0.2) is 0 Å². The second-order valence-electron chi connectivity index (χ2n) is 7.34. The molecule has 0 N–H and O–H groups in total. The van der Waals surface area contributed by atoms with Crippen LogP contribution in [-0.4, -0.2) is 57.3 Å². The van der Waals surface area contributed by atoms with E-state index >= 15 is 0 Å². The molecule has 5 atom stereocenters. The molecule has 0 saturated carbocycles.